The van der Waals surface area contributed by atoms with Gasteiger partial charge in [0.25, 0.3) is 0 Å². The molecule has 0 radical (unpaired) electrons. The van der Waals surface area contributed by atoms with Crippen molar-refractivity contribution in [2.24, 2.45) is 0 Å². The summed E-state index contributed by atoms with van der Waals surface area (Å²) in [6.07, 6.45) is -4.69. The molecule has 0 aromatic heterocycles. The first-order valence-electron chi connectivity index (χ1n) is 5.28. The second-order valence-electron chi connectivity index (χ2n) is 4.29. The summed E-state index contributed by atoms with van der Waals surface area (Å²) in [5, 5.41) is 28.4. The Hall–Kier alpha value is -0.280. The average molecular weight is 236 g/mol. The Kier molecular flexibility index (Phi) is 3.19. The van der Waals surface area contributed by atoms with Gasteiger partial charge in [-0.1, -0.05) is 0 Å². The molecule has 7 heteroatoms. The van der Waals surface area contributed by atoms with Crippen molar-refractivity contribution < 1.29 is 35.3 Å². The van der Waals surface area contributed by atoms with Crippen molar-refractivity contribution >= 4 is 0 Å². The van der Waals surface area contributed by atoms with Gasteiger partial charge in [0.1, 0.15) is 31.0 Å². The predicted octanol–water partition coefficient (Wildman–Crippen LogP) is -3.20. The SMILES string of the molecule is CC1(C[NH3+])OC2OC(CO)C(O)C(O)C2O1. The smallest absolute Gasteiger partial charge is 0.218 e. The third-order valence-corrected chi connectivity index (χ3v) is 3.03. The van der Waals surface area contributed by atoms with Crippen molar-refractivity contribution in [1.82, 2.24) is 0 Å². The Bertz CT molecular complexity index is 264. The zero-order valence-corrected chi connectivity index (χ0v) is 9.07. The van der Waals surface area contributed by atoms with E-state index in [9.17, 15) is 10.2 Å². The molecule has 0 aromatic rings. The number of ether oxygens (including phenoxy) is 3. The molecule has 0 spiro atoms. The minimum Gasteiger partial charge on any atom is -0.394 e. The van der Waals surface area contributed by atoms with Crippen molar-refractivity contribution in [1.29, 1.82) is 0 Å². The van der Waals surface area contributed by atoms with Crippen LogP contribution in [0.3, 0.4) is 0 Å². The van der Waals surface area contributed by atoms with E-state index >= 15 is 0 Å². The normalized spacial score (nSPS) is 52.7. The van der Waals surface area contributed by atoms with Gasteiger partial charge >= 0.3 is 0 Å². The Morgan fingerprint density at radius 2 is 1.94 bits per heavy atom. The summed E-state index contributed by atoms with van der Waals surface area (Å²) in [7, 11) is 0. The van der Waals surface area contributed by atoms with Crippen LogP contribution in [0.4, 0.5) is 0 Å². The maximum absolute atomic E-state index is 9.81. The highest BCUT2D eigenvalue weighted by molar-refractivity contribution is 4.94. The van der Waals surface area contributed by atoms with Crippen LogP contribution < -0.4 is 5.73 Å². The third-order valence-electron chi connectivity index (χ3n) is 3.03. The third kappa shape index (κ3) is 1.84. The molecular weight excluding hydrogens is 218 g/mol. The molecule has 0 saturated carbocycles. The van der Waals surface area contributed by atoms with Crippen LogP contribution in [0.5, 0.6) is 0 Å². The van der Waals surface area contributed by atoms with E-state index in [1.807, 2.05) is 0 Å². The highest BCUT2D eigenvalue weighted by atomic mass is 16.8. The molecule has 2 saturated heterocycles. The number of fused-ring (bicyclic) bond motifs is 1. The Labute approximate surface area is 92.7 Å². The summed E-state index contributed by atoms with van der Waals surface area (Å²) in [5.41, 5.74) is 3.68. The van der Waals surface area contributed by atoms with E-state index in [0.29, 0.717) is 6.54 Å². The summed E-state index contributed by atoms with van der Waals surface area (Å²) in [6.45, 7) is 1.66. The maximum Gasteiger partial charge on any atom is 0.218 e. The van der Waals surface area contributed by atoms with Gasteiger partial charge in [0.05, 0.1) is 6.61 Å². The summed E-state index contributed by atoms with van der Waals surface area (Å²) in [4.78, 5) is 0. The molecule has 94 valence electrons. The topological polar surface area (TPSA) is 116 Å². The minimum atomic E-state index is -1.18. The maximum atomic E-state index is 9.81. The first kappa shape index (κ1) is 12.2. The Balaban J connectivity index is 2.13. The lowest BCUT2D eigenvalue weighted by Gasteiger charge is -2.36. The second kappa shape index (κ2) is 4.19. The number of hydrogen-bond acceptors (Lipinski definition) is 6. The highest BCUT2D eigenvalue weighted by Gasteiger charge is 2.55. The fourth-order valence-electron chi connectivity index (χ4n) is 1.96. The minimum absolute atomic E-state index is 0.357. The number of rotatable bonds is 2. The molecule has 2 heterocycles. The van der Waals surface area contributed by atoms with E-state index < -0.39 is 36.5 Å². The van der Waals surface area contributed by atoms with E-state index in [1.165, 1.54) is 0 Å². The molecule has 6 atom stereocenters. The number of aliphatic hydroxyl groups excluding tert-OH is 3. The van der Waals surface area contributed by atoms with Crippen LogP contribution in [-0.4, -0.2) is 65.0 Å². The molecule has 0 amide bonds. The molecule has 2 rings (SSSR count). The second-order valence-corrected chi connectivity index (χ2v) is 4.29. The fourth-order valence-corrected chi connectivity index (χ4v) is 1.96. The molecule has 16 heavy (non-hydrogen) atoms. The standard InChI is InChI=1S/C9H17NO6/c1-9(3-10)15-7-6(13)5(12)4(2-11)14-8(7)16-9/h4-8,11-13H,2-3,10H2,1H3/p+1. The first-order chi connectivity index (χ1) is 7.50. The van der Waals surface area contributed by atoms with Crippen LogP contribution in [0.1, 0.15) is 6.92 Å². The van der Waals surface area contributed by atoms with Gasteiger partial charge < -0.3 is 35.3 Å². The van der Waals surface area contributed by atoms with Crippen LogP contribution in [0.15, 0.2) is 0 Å². The van der Waals surface area contributed by atoms with Crippen LogP contribution in [0, 0.1) is 0 Å². The predicted molar refractivity (Wildman–Crippen MR) is 49.9 cm³/mol. The zero-order valence-electron chi connectivity index (χ0n) is 9.07. The van der Waals surface area contributed by atoms with E-state index in [4.69, 9.17) is 19.3 Å². The van der Waals surface area contributed by atoms with E-state index in [0.717, 1.165) is 0 Å². The van der Waals surface area contributed by atoms with E-state index in [2.05, 4.69) is 5.73 Å². The average Bonchev–Trinajstić information content (AvgIpc) is 2.62. The molecule has 6 unspecified atom stereocenters. The van der Waals surface area contributed by atoms with Crippen LogP contribution in [0.25, 0.3) is 0 Å². The lowest BCUT2D eigenvalue weighted by molar-refractivity contribution is -0.428. The van der Waals surface area contributed by atoms with Gasteiger partial charge in [0.15, 0.2) is 6.29 Å². The van der Waals surface area contributed by atoms with Gasteiger partial charge in [-0.25, -0.2) is 0 Å². The number of aliphatic hydroxyl groups is 3. The van der Waals surface area contributed by atoms with Crippen molar-refractivity contribution in [2.45, 2.75) is 43.4 Å². The molecule has 0 aliphatic carbocycles. The van der Waals surface area contributed by atoms with E-state index in [1.54, 1.807) is 6.92 Å². The lowest BCUT2D eigenvalue weighted by Crippen LogP contribution is -2.61. The van der Waals surface area contributed by atoms with Gasteiger partial charge in [-0.2, -0.15) is 0 Å². The number of hydrogen-bond donors (Lipinski definition) is 4. The van der Waals surface area contributed by atoms with Gasteiger partial charge in [0.2, 0.25) is 5.79 Å². The largest absolute Gasteiger partial charge is 0.394 e. The molecule has 7 nitrogen and oxygen atoms in total. The van der Waals surface area contributed by atoms with Gasteiger partial charge in [-0.15, -0.1) is 0 Å². The molecule has 2 fully saturated rings. The van der Waals surface area contributed by atoms with Gasteiger partial charge in [0, 0.05) is 0 Å². The van der Waals surface area contributed by atoms with E-state index in [-0.39, 0.29) is 6.61 Å². The molecule has 0 aromatic carbocycles. The van der Waals surface area contributed by atoms with Crippen molar-refractivity contribution in [2.75, 3.05) is 13.2 Å². The first-order valence-corrected chi connectivity index (χ1v) is 5.28. The lowest BCUT2D eigenvalue weighted by atomic mass is 9.99. The van der Waals surface area contributed by atoms with Crippen LogP contribution in [-0.2, 0) is 14.2 Å². The Morgan fingerprint density at radius 3 is 2.50 bits per heavy atom. The molecule has 2 aliphatic rings. The van der Waals surface area contributed by atoms with Gasteiger partial charge in [-0.3, -0.25) is 0 Å². The van der Waals surface area contributed by atoms with Crippen molar-refractivity contribution in [3.05, 3.63) is 0 Å². The molecule has 6 N–H and O–H groups in total. The molecular formula is C9H18NO6+. The summed E-state index contributed by atoms with van der Waals surface area (Å²) in [6, 6.07) is 0. The highest BCUT2D eigenvalue weighted by Crippen LogP contribution is 2.35. The zero-order chi connectivity index (χ0) is 11.9. The van der Waals surface area contributed by atoms with Crippen molar-refractivity contribution in [3.63, 3.8) is 0 Å². The van der Waals surface area contributed by atoms with Crippen LogP contribution in [0.2, 0.25) is 0 Å². The molecule has 0 bridgehead atoms. The monoisotopic (exact) mass is 236 g/mol. The Morgan fingerprint density at radius 1 is 1.25 bits per heavy atom. The summed E-state index contributed by atoms with van der Waals surface area (Å²) >= 11 is 0. The summed E-state index contributed by atoms with van der Waals surface area (Å²) < 4.78 is 16.2. The van der Waals surface area contributed by atoms with Crippen LogP contribution >= 0.6 is 0 Å². The fraction of sp³-hybridized carbons (Fsp3) is 1.00. The van der Waals surface area contributed by atoms with Crippen molar-refractivity contribution in [3.8, 4) is 0 Å². The summed E-state index contributed by atoms with van der Waals surface area (Å²) in [5.74, 6) is -0.916. The molecule has 2 aliphatic heterocycles. The quantitative estimate of drug-likeness (QED) is 0.401. The van der Waals surface area contributed by atoms with Gasteiger partial charge in [-0.05, 0) is 6.92 Å². The number of quaternary nitrogens is 1.